The summed E-state index contributed by atoms with van der Waals surface area (Å²) in [4.78, 5) is 29.0. The number of pyridine rings is 1. The van der Waals surface area contributed by atoms with E-state index < -0.39 is 0 Å². The number of aryl methyl sites for hydroxylation is 1. The van der Waals surface area contributed by atoms with E-state index in [4.69, 9.17) is 13.9 Å². The van der Waals surface area contributed by atoms with Gasteiger partial charge in [-0.25, -0.2) is 9.78 Å². The van der Waals surface area contributed by atoms with Gasteiger partial charge in [-0.3, -0.25) is 4.79 Å². The third kappa shape index (κ3) is 8.44. The number of carbonyl (C=O) groups excluding carboxylic acids is 1. The number of unbranched alkanes of at least 4 members (excludes halogenated alkanes) is 4. The molecular formula is C31H41NO5. The first-order valence-electron chi connectivity index (χ1n) is 13.6. The number of benzene rings is 1. The predicted molar refractivity (Wildman–Crippen MR) is 148 cm³/mol. The van der Waals surface area contributed by atoms with Crippen molar-refractivity contribution in [2.75, 3.05) is 13.2 Å². The monoisotopic (exact) mass is 507 g/mol. The van der Waals surface area contributed by atoms with Crippen molar-refractivity contribution >= 4 is 16.9 Å². The highest BCUT2D eigenvalue weighted by Gasteiger charge is 2.22. The second kappa shape index (κ2) is 14.0. The number of aromatic nitrogens is 1. The summed E-state index contributed by atoms with van der Waals surface area (Å²) in [5.41, 5.74) is 2.49. The van der Waals surface area contributed by atoms with Crippen molar-refractivity contribution in [2.45, 2.75) is 73.1 Å². The van der Waals surface area contributed by atoms with E-state index in [1.54, 1.807) is 6.20 Å². The summed E-state index contributed by atoms with van der Waals surface area (Å²) < 4.78 is 16.8. The zero-order valence-electron chi connectivity index (χ0n) is 22.9. The molecule has 2 aromatic heterocycles. The molecule has 37 heavy (non-hydrogen) atoms. The van der Waals surface area contributed by atoms with Gasteiger partial charge in [-0.2, -0.15) is 0 Å². The van der Waals surface area contributed by atoms with Gasteiger partial charge in [0.25, 0.3) is 0 Å². The Balaban J connectivity index is 1.37. The molecule has 0 aliphatic rings. The van der Waals surface area contributed by atoms with E-state index in [0.29, 0.717) is 42.1 Å². The van der Waals surface area contributed by atoms with Crippen LogP contribution in [0.25, 0.3) is 22.1 Å². The number of fused-ring (bicyclic) bond motifs is 1. The molecule has 0 bridgehead atoms. The van der Waals surface area contributed by atoms with Crippen LogP contribution in [0.1, 0.15) is 71.8 Å². The lowest BCUT2D eigenvalue weighted by Crippen LogP contribution is -2.23. The van der Waals surface area contributed by atoms with Crippen LogP contribution in [0.4, 0.5) is 0 Å². The first-order chi connectivity index (χ1) is 17.8. The Morgan fingerprint density at radius 3 is 2.38 bits per heavy atom. The van der Waals surface area contributed by atoms with E-state index in [0.717, 1.165) is 55.0 Å². The molecule has 2 unspecified atom stereocenters. The maximum absolute atomic E-state index is 12.5. The molecule has 0 aliphatic carbocycles. The molecule has 2 heterocycles. The lowest BCUT2D eigenvalue weighted by atomic mass is 9.88. The van der Waals surface area contributed by atoms with Gasteiger partial charge in [-0.05, 0) is 55.2 Å². The Bertz CT molecular complexity index is 1220. The minimum atomic E-state index is -0.373. The van der Waals surface area contributed by atoms with Gasteiger partial charge in [0.05, 0.1) is 30.9 Å². The van der Waals surface area contributed by atoms with Crippen LogP contribution in [0.2, 0.25) is 0 Å². The van der Waals surface area contributed by atoms with Crippen molar-refractivity contribution in [3.8, 4) is 17.0 Å². The van der Waals surface area contributed by atoms with Crippen molar-refractivity contribution in [2.24, 2.45) is 17.8 Å². The molecule has 200 valence electrons. The molecule has 0 N–H and O–H groups in total. The van der Waals surface area contributed by atoms with Gasteiger partial charge in [0.2, 0.25) is 5.88 Å². The third-order valence-electron chi connectivity index (χ3n) is 6.88. The van der Waals surface area contributed by atoms with E-state index in [-0.39, 0.29) is 17.5 Å². The van der Waals surface area contributed by atoms with Crippen LogP contribution < -0.4 is 10.4 Å². The lowest BCUT2D eigenvalue weighted by molar-refractivity contribution is -0.149. The topological polar surface area (TPSA) is 78.6 Å². The number of hydrogen-bond donors (Lipinski definition) is 0. The highest BCUT2D eigenvalue weighted by molar-refractivity contribution is 5.82. The summed E-state index contributed by atoms with van der Waals surface area (Å²) in [6.07, 6.45) is 7.52. The van der Waals surface area contributed by atoms with E-state index >= 15 is 0 Å². The van der Waals surface area contributed by atoms with E-state index in [1.807, 2.05) is 50.2 Å². The summed E-state index contributed by atoms with van der Waals surface area (Å²) in [7, 11) is 0. The Kier molecular flexibility index (Phi) is 10.7. The molecule has 3 aromatic rings. The molecule has 0 amide bonds. The van der Waals surface area contributed by atoms with Crippen molar-refractivity contribution in [1.82, 2.24) is 4.98 Å². The van der Waals surface area contributed by atoms with Crippen LogP contribution >= 0.6 is 0 Å². The number of hydrogen-bond acceptors (Lipinski definition) is 6. The van der Waals surface area contributed by atoms with Gasteiger partial charge in [-0.1, -0.05) is 71.2 Å². The second-order valence-electron chi connectivity index (χ2n) is 10.5. The molecule has 0 spiro atoms. The molecule has 0 saturated carbocycles. The third-order valence-corrected chi connectivity index (χ3v) is 6.88. The molecule has 0 radical (unpaired) electrons. The maximum atomic E-state index is 12.5. The summed E-state index contributed by atoms with van der Waals surface area (Å²) in [6.45, 7) is 11.5. The molecule has 6 nitrogen and oxygen atoms in total. The highest BCUT2D eigenvalue weighted by Crippen LogP contribution is 2.25. The molecule has 0 saturated heterocycles. The first kappa shape index (κ1) is 28.4. The van der Waals surface area contributed by atoms with Crippen LogP contribution in [-0.4, -0.2) is 24.2 Å². The number of rotatable bonds is 14. The van der Waals surface area contributed by atoms with Gasteiger partial charge < -0.3 is 13.9 Å². The Morgan fingerprint density at radius 1 is 0.946 bits per heavy atom. The summed E-state index contributed by atoms with van der Waals surface area (Å²) >= 11 is 0. The average molecular weight is 508 g/mol. The fourth-order valence-electron chi connectivity index (χ4n) is 4.54. The van der Waals surface area contributed by atoms with E-state index in [2.05, 4.69) is 25.8 Å². The Morgan fingerprint density at radius 2 is 1.65 bits per heavy atom. The zero-order chi connectivity index (χ0) is 26.8. The highest BCUT2D eigenvalue weighted by atomic mass is 16.5. The van der Waals surface area contributed by atoms with Gasteiger partial charge in [0.1, 0.15) is 0 Å². The Labute approximate surface area is 220 Å². The molecule has 2 atom stereocenters. The van der Waals surface area contributed by atoms with Gasteiger partial charge in [0.15, 0.2) is 5.58 Å². The lowest BCUT2D eigenvalue weighted by Gasteiger charge is -2.20. The van der Waals surface area contributed by atoms with Gasteiger partial charge in [0, 0.05) is 11.5 Å². The minimum Gasteiger partial charge on any atom is -0.478 e. The fraction of sp³-hybridized carbons (Fsp3) is 0.516. The molecule has 3 rings (SSSR count). The van der Waals surface area contributed by atoms with Crippen LogP contribution in [0.3, 0.4) is 0 Å². The minimum absolute atomic E-state index is 0.0478. The second-order valence-corrected chi connectivity index (χ2v) is 10.5. The number of ether oxygens (including phenoxy) is 2. The molecule has 1 aromatic carbocycles. The summed E-state index contributed by atoms with van der Waals surface area (Å²) in [5, 5.41) is 0.783. The van der Waals surface area contributed by atoms with Gasteiger partial charge in [-0.15, -0.1) is 0 Å². The number of nitrogens with zero attached hydrogens (tertiary/aromatic N) is 1. The van der Waals surface area contributed by atoms with Crippen molar-refractivity contribution < 1.29 is 18.7 Å². The molecule has 6 heteroatoms. The summed E-state index contributed by atoms with van der Waals surface area (Å²) in [5.74, 6) is 1.33. The number of esters is 1. The molecular weight excluding hydrogens is 466 g/mol. The van der Waals surface area contributed by atoms with Crippen LogP contribution in [0.15, 0.2) is 51.8 Å². The largest absolute Gasteiger partial charge is 0.478 e. The number of carbonyl (C=O) groups is 1. The molecule has 0 aliphatic heterocycles. The van der Waals surface area contributed by atoms with E-state index in [9.17, 15) is 9.59 Å². The summed E-state index contributed by atoms with van der Waals surface area (Å²) in [6, 6.07) is 11.4. The smallest absolute Gasteiger partial charge is 0.344 e. The van der Waals surface area contributed by atoms with Crippen molar-refractivity contribution in [3.63, 3.8) is 0 Å². The average Bonchev–Trinajstić information content (AvgIpc) is 2.86. The van der Waals surface area contributed by atoms with Crippen molar-refractivity contribution in [1.29, 1.82) is 0 Å². The standard InChI is InChI=1S/C31H41NO5/c1-21(2)17-23(4)24(5)30(33)36-16-12-8-6-7-11-15-35-29-19-25-18-27(26-14-10-9-13-22(26)3)31(34)37-28(25)20-32-29/h9-10,13-14,18-21,23-24H,6-8,11-12,15-17H2,1-5H3. The van der Waals surface area contributed by atoms with Crippen LogP contribution in [-0.2, 0) is 9.53 Å². The molecule has 0 fully saturated rings. The predicted octanol–water partition coefficient (Wildman–Crippen LogP) is 7.35. The van der Waals surface area contributed by atoms with Crippen LogP contribution in [0, 0.1) is 24.7 Å². The normalized spacial score (nSPS) is 13.0. The van der Waals surface area contributed by atoms with Gasteiger partial charge >= 0.3 is 11.6 Å². The Hall–Kier alpha value is -3.15. The SMILES string of the molecule is Cc1ccccc1-c1cc2cc(OCCCCCCCOC(=O)C(C)C(C)CC(C)C)ncc2oc1=O. The van der Waals surface area contributed by atoms with Crippen LogP contribution in [0.5, 0.6) is 5.88 Å². The first-order valence-corrected chi connectivity index (χ1v) is 13.6. The zero-order valence-corrected chi connectivity index (χ0v) is 22.9. The fourth-order valence-corrected chi connectivity index (χ4v) is 4.54. The quantitative estimate of drug-likeness (QED) is 0.168. The van der Waals surface area contributed by atoms with Crippen molar-refractivity contribution in [3.05, 3.63) is 58.6 Å². The maximum Gasteiger partial charge on any atom is 0.344 e. The van der Waals surface area contributed by atoms with E-state index in [1.165, 1.54) is 0 Å².